The number of nitrogens with one attached hydrogen (secondary N) is 2. The van der Waals surface area contributed by atoms with E-state index in [0.29, 0.717) is 24.1 Å². The number of anilines is 1. The number of hydrogen-bond acceptors (Lipinski definition) is 4. The van der Waals surface area contributed by atoms with Crippen molar-refractivity contribution < 1.29 is 14.4 Å². The summed E-state index contributed by atoms with van der Waals surface area (Å²) in [5.41, 5.74) is 1.74. The average Bonchev–Trinajstić information content (AvgIpc) is 3.16. The molecule has 0 radical (unpaired) electrons. The summed E-state index contributed by atoms with van der Waals surface area (Å²) in [7, 11) is 0. The fourth-order valence-electron chi connectivity index (χ4n) is 3.71. The van der Waals surface area contributed by atoms with Crippen LogP contribution in [0.15, 0.2) is 48.5 Å². The number of carbonyl (C=O) groups excluding carboxylic acids is 3. The minimum Gasteiger partial charge on any atom is -0.325 e. The van der Waals surface area contributed by atoms with E-state index in [4.69, 9.17) is 5.26 Å². The van der Waals surface area contributed by atoms with Crippen molar-refractivity contribution in [3.8, 4) is 6.07 Å². The SMILES string of the molecule is N#Cc1ccc(NC(=O)CN2C(=O)NC3(CCc4ccccc43)C2=O)cc1. The van der Waals surface area contributed by atoms with Gasteiger partial charge in [0.2, 0.25) is 5.91 Å². The number of aryl methyl sites for hydroxylation is 1. The van der Waals surface area contributed by atoms with Gasteiger partial charge in [-0.1, -0.05) is 24.3 Å². The van der Waals surface area contributed by atoms with Gasteiger partial charge in [-0.2, -0.15) is 5.26 Å². The average molecular weight is 360 g/mol. The fourth-order valence-corrected chi connectivity index (χ4v) is 3.71. The molecule has 7 nitrogen and oxygen atoms in total. The van der Waals surface area contributed by atoms with Crippen molar-refractivity contribution in [3.63, 3.8) is 0 Å². The smallest absolute Gasteiger partial charge is 0.325 e. The Morgan fingerprint density at radius 1 is 1.19 bits per heavy atom. The number of hydrogen-bond donors (Lipinski definition) is 2. The molecule has 1 fully saturated rings. The first-order valence-corrected chi connectivity index (χ1v) is 8.56. The third-order valence-electron chi connectivity index (χ3n) is 5.02. The Morgan fingerprint density at radius 3 is 2.67 bits per heavy atom. The van der Waals surface area contributed by atoms with E-state index in [1.807, 2.05) is 30.3 Å². The van der Waals surface area contributed by atoms with Gasteiger partial charge in [0, 0.05) is 5.69 Å². The van der Waals surface area contributed by atoms with Crippen LogP contribution < -0.4 is 10.6 Å². The summed E-state index contributed by atoms with van der Waals surface area (Å²) in [6.45, 7) is -0.366. The van der Waals surface area contributed by atoms with E-state index in [9.17, 15) is 14.4 Å². The zero-order valence-electron chi connectivity index (χ0n) is 14.4. The van der Waals surface area contributed by atoms with Gasteiger partial charge in [-0.15, -0.1) is 0 Å². The lowest BCUT2D eigenvalue weighted by Crippen LogP contribution is -2.42. The second-order valence-electron chi connectivity index (χ2n) is 6.62. The first-order valence-electron chi connectivity index (χ1n) is 8.56. The fraction of sp³-hybridized carbons (Fsp3) is 0.200. The van der Waals surface area contributed by atoms with Crippen LogP contribution >= 0.6 is 0 Å². The Morgan fingerprint density at radius 2 is 1.93 bits per heavy atom. The summed E-state index contributed by atoms with van der Waals surface area (Å²) in [6.07, 6.45) is 1.19. The number of rotatable bonds is 3. The quantitative estimate of drug-likeness (QED) is 0.816. The molecule has 0 saturated carbocycles. The highest BCUT2D eigenvalue weighted by molar-refractivity contribution is 6.10. The molecule has 2 aromatic carbocycles. The van der Waals surface area contributed by atoms with Crippen LogP contribution in [-0.2, 0) is 21.5 Å². The zero-order valence-corrected chi connectivity index (χ0v) is 14.4. The summed E-state index contributed by atoms with van der Waals surface area (Å²) in [5, 5.41) is 14.2. The summed E-state index contributed by atoms with van der Waals surface area (Å²) in [6, 6.07) is 15.3. The van der Waals surface area contributed by atoms with Crippen molar-refractivity contribution in [2.75, 3.05) is 11.9 Å². The Labute approximate surface area is 155 Å². The van der Waals surface area contributed by atoms with E-state index in [1.165, 1.54) is 0 Å². The maximum atomic E-state index is 13.0. The maximum absolute atomic E-state index is 13.0. The number of imide groups is 1. The first-order chi connectivity index (χ1) is 13.0. The number of amides is 4. The van der Waals surface area contributed by atoms with Crippen molar-refractivity contribution in [2.24, 2.45) is 0 Å². The molecule has 2 N–H and O–H groups in total. The van der Waals surface area contributed by atoms with Crippen LogP contribution in [0.25, 0.3) is 0 Å². The zero-order chi connectivity index (χ0) is 19.0. The molecule has 27 heavy (non-hydrogen) atoms. The van der Waals surface area contributed by atoms with Crippen LogP contribution in [0.2, 0.25) is 0 Å². The van der Waals surface area contributed by atoms with E-state index in [-0.39, 0.29) is 6.54 Å². The van der Waals surface area contributed by atoms with Crippen LogP contribution in [0.1, 0.15) is 23.1 Å². The molecular formula is C20H16N4O3. The van der Waals surface area contributed by atoms with Crippen molar-refractivity contribution in [1.82, 2.24) is 10.2 Å². The van der Waals surface area contributed by atoms with Gasteiger partial charge in [0.1, 0.15) is 12.1 Å². The Kier molecular flexibility index (Phi) is 3.89. The van der Waals surface area contributed by atoms with Gasteiger partial charge < -0.3 is 10.6 Å². The highest BCUT2D eigenvalue weighted by Gasteiger charge is 2.55. The van der Waals surface area contributed by atoms with Gasteiger partial charge in [-0.3, -0.25) is 14.5 Å². The predicted molar refractivity (Wildman–Crippen MR) is 96.5 cm³/mol. The molecule has 4 rings (SSSR count). The first kappa shape index (κ1) is 16.8. The lowest BCUT2D eigenvalue weighted by atomic mass is 9.92. The van der Waals surface area contributed by atoms with Gasteiger partial charge in [-0.25, -0.2) is 4.79 Å². The van der Waals surface area contributed by atoms with Crippen LogP contribution in [0, 0.1) is 11.3 Å². The van der Waals surface area contributed by atoms with Gasteiger partial charge in [0.25, 0.3) is 5.91 Å². The topological polar surface area (TPSA) is 102 Å². The Bertz CT molecular complexity index is 993. The summed E-state index contributed by atoms with van der Waals surface area (Å²) in [4.78, 5) is 38.7. The molecule has 1 unspecified atom stereocenters. The molecule has 1 spiro atoms. The van der Waals surface area contributed by atoms with Crippen molar-refractivity contribution in [2.45, 2.75) is 18.4 Å². The van der Waals surface area contributed by atoms with Gasteiger partial charge >= 0.3 is 6.03 Å². The van der Waals surface area contributed by atoms with Crippen LogP contribution in [0.4, 0.5) is 10.5 Å². The minimum absolute atomic E-state index is 0.366. The third-order valence-corrected chi connectivity index (χ3v) is 5.02. The highest BCUT2D eigenvalue weighted by atomic mass is 16.2. The number of carbonyl (C=O) groups is 3. The summed E-state index contributed by atoms with van der Waals surface area (Å²) in [5.74, 6) is -0.876. The molecule has 0 aromatic heterocycles. The second kappa shape index (κ2) is 6.25. The van der Waals surface area contributed by atoms with Crippen molar-refractivity contribution in [3.05, 3.63) is 65.2 Å². The number of urea groups is 1. The van der Waals surface area contributed by atoms with E-state index in [1.54, 1.807) is 24.3 Å². The molecule has 1 aliphatic heterocycles. The number of benzene rings is 2. The Balaban J connectivity index is 1.50. The van der Waals surface area contributed by atoms with Gasteiger partial charge in [0.05, 0.1) is 11.6 Å². The molecule has 1 aliphatic carbocycles. The lowest BCUT2D eigenvalue weighted by molar-refractivity contribution is -0.134. The van der Waals surface area contributed by atoms with E-state index < -0.39 is 23.4 Å². The van der Waals surface area contributed by atoms with Crippen LogP contribution in [0.3, 0.4) is 0 Å². The monoisotopic (exact) mass is 360 g/mol. The Hall–Kier alpha value is -3.66. The largest absolute Gasteiger partial charge is 0.325 e. The summed E-state index contributed by atoms with van der Waals surface area (Å²) < 4.78 is 0. The molecule has 2 aromatic rings. The van der Waals surface area contributed by atoms with E-state index >= 15 is 0 Å². The predicted octanol–water partition coefficient (Wildman–Crippen LogP) is 1.89. The molecule has 7 heteroatoms. The normalized spacial score (nSPS) is 20.3. The molecule has 0 bridgehead atoms. The highest BCUT2D eigenvalue weighted by Crippen LogP contribution is 2.41. The number of fused-ring (bicyclic) bond motifs is 2. The molecule has 2 aliphatic rings. The van der Waals surface area contributed by atoms with Crippen molar-refractivity contribution >= 4 is 23.5 Å². The number of nitriles is 1. The van der Waals surface area contributed by atoms with Gasteiger partial charge in [0.15, 0.2) is 0 Å². The summed E-state index contributed by atoms with van der Waals surface area (Å²) >= 11 is 0. The van der Waals surface area contributed by atoms with Gasteiger partial charge in [-0.05, 0) is 48.2 Å². The lowest BCUT2D eigenvalue weighted by Gasteiger charge is -2.22. The molecule has 134 valence electrons. The van der Waals surface area contributed by atoms with Crippen LogP contribution in [0.5, 0.6) is 0 Å². The van der Waals surface area contributed by atoms with E-state index in [0.717, 1.165) is 16.0 Å². The van der Waals surface area contributed by atoms with Crippen molar-refractivity contribution in [1.29, 1.82) is 5.26 Å². The molecule has 4 amide bonds. The molecular weight excluding hydrogens is 344 g/mol. The molecule has 1 saturated heterocycles. The standard InChI is InChI=1S/C20H16N4O3/c21-11-13-5-7-15(8-6-13)22-17(25)12-24-18(26)20(23-19(24)27)10-9-14-3-1-2-4-16(14)20/h1-8H,9-10,12H2,(H,22,25)(H,23,27). The number of nitrogens with zero attached hydrogens (tertiary/aromatic N) is 2. The minimum atomic E-state index is -1.07. The second-order valence-corrected chi connectivity index (χ2v) is 6.62. The van der Waals surface area contributed by atoms with E-state index in [2.05, 4.69) is 10.6 Å². The maximum Gasteiger partial charge on any atom is 0.325 e. The third kappa shape index (κ3) is 2.72. The van der Waals surface area contributed by atoms with Crippen LogP contribution in [-0.4, -0.2) is 29.3 Å². The molecule has 1 atom stereocenters. The molecule has 1 heterocycles.